The van der Waals surface area contributed by atoms with E-state index in [1.54, 1.807) is 24.3 Å². The van der Waals surface area contributed by atoms with E-state index in [4.69, 9.17) is 9.47 Å². The monoisotopic (exact) mass is 316 g/mol. The van der Waals surface area contributed by atoms with Crippen molar-refractivity contribution in [3.05, 3.63) is 47.5 Å². The van der Waals surface area contributed by atoms with Crippen LogP contribution in [0.25, 0.3) is 6.08 Å². The van der Waals surface area contributed by atoms with Gasteiger partial charge in [0, 0.05) is 11.1 Å². The highest BCUT2D eigenvalue weighted by Crippen LogP contribution is 2.45. The van der Waals surface area contributed by atoms with Gasteiger partial charge in [-0.25, -0.2) is 0 Å². The molecule has 0 aromatic heterocycles. The molecule has 0 spiro atoms. The van der Waals surface area contributed by atoms with Gasteiger partial charge in [-0.3, -0.25) is 4.79 Å². The van der Waals surface area contributed by atoms with Crippen LogP contribution < -0.4 is 9.47 Å². The second-order valence-electron chi connectivity index (χ2n) is 4.64. The van der Waals surface area contributed by atoms with Crippen molar-refractivity contribution < 1.29 is 29.6 Å². The lowest BCUT2D eigenvalue weighted by Crippen LogP contribution is -1.95. The molecule has 23 heavy (non-hydrogen) atoms. The van der Waals surface area contributed by atoms with Crippen molar-refractivity contribution >= 4 is 11.9 Å². The minimum Gasteiger partial charge on any atom is -0.504 e. The Hall–Kier alpha value is -3.15. The zero-order chi connectivity index (χ0) is 17.0. The molecule has 0 unspecified atom stereocenters. The van der Waals surface area contributed by atoms with Crippen molar-refractivity contribution in [2.75, 3.05) is 14.2 Å². The average molecular weight is 316 g/mol. The smallest absolute Gasteiger partial charge is 0.207 e. The van der Waals surface area contributed by atoms with Crippen molar-refractivity contribution in [2.45, 2.75) is 0 Å². The zero-order valence-electron chi connectivity index (χ0n) is 12.6. The van der Waals surface area contributed by atoms with Crippen LogP contribution in [0, 0.1) is 0 Å². The first-order valence-electron chi connectivity index (χ1n) is 6.66. The minimum atomic E-state index is -0.568. The van der Waals surface area contributed by atoms with Crippen LogP contribution >= 0.6 is 0 Å². The second-order valence-corrected chi connectivity index (χ2v) is 4.64. The summed E-state index contributed by atoms with van der Waals surface area (Å²) in [5.74, 6) is -1.43. The number of phenols is 3. The number of rotatable bonds is 5. The van der Waals surface area contributed by atoms with Gasteiger partial charge in [-0.15, -0.1) is 0 Å². The number of carbonyl (C=O) groups excluding carboxylic acids is 1. The third kappa shape index (κ3) is 3.37. The molecule has 120 valence electrons. The SMILES string of the molecule is COc1cccc(C(=O)C=Cc2cc(O)c(O)c(OC)c2O)c1. The number of ketones is 1. The van der Waals surface area contributed by atoms with Gasteiger partial charge in [-0.05, 0) is 30.4 Å². The number of carbonyl (C=O) groups is 1. The number of methoxy groups -OCH3 is 2. The molecule has 0 bridgehead atoms. The van der Waals surface area contributed by atoms with E-state index in [1.165, 1.54) is 26.4 Å². The van der Waals surface area contributed by atoms with E-state index in [9.17, 15) is 20.1 Å². The Morgan fingerprint density at radius 2 is 1.78 bits per heavy atom. The lowest BCUT2D eigenvalue weighted by Gasteiger charge is -2.09. The van der Waals surface area contributed by atoms with E-state index in [2.05, 4.69) is 0 Å². The lowest BCUT2D eigenvalue weighted by atomic mass is 10.1. The summed E-state index contributed by atoms with van der Waals surface area (Å²) in [6, 6.07) is 7.75. The summed E-state index contributed by atoms with van der Waals surface area (Å²) in [6.45, 7) is 0. The van der Waals surface area contributed by atoms with Crippen molar-refractivity contribution in [1.29, 1.82) is 0 Å². The number of aromatic hydroxyl groups is 3. The van der Waals surface area contributed by atoms with E-state index in [0.29, 0.717) is 11.3 Å². The first kappa shape index (κ1) is 16.2. The number of benzene rings is 2. The van der Waals surface area contributed by atoms with Gasteiger partial charge in [0.1, 0.15) is 5.75 Å². The fourth-order valence-electron chi connectivity index (χ4n) is 2.00. The second kappa shape index (κ2) is 6.74. The Balaban J connectivity index is 2.33. The number of allylic oxidation sites excluding steroid dienone is 1. The molecule has 0 saturated carbocycles. The van der Waals surface area contributed by atoms with Crippen molar-refractivity contribution in [1.82, 2.24) is 0 Å². The maximum atomic E-state index is 12.1. The van der Waals surface area contributed by atoms with Crippen molar-refractivity contribution in [2.24, 2.45) is 0 Å². The van der Waals surface area contributed by atoms with Crippen LogP contribution in [-0.4, -0.2) is 35.3 Å². The van der Waals surface area contributed by atoms with E-state index in [0.717, 1.165) is 6.07 Å². The normalized spacial score (nSPS) is 10.7. The largest absolute Gasteiger partial charge is 0.504 e. The summed E-state index contributed by atoms with van der Waals surface area (Å²) in [7, 11) is 2.74. The molecule has 2 rings (SSSR count). The van der Waals surface area contributed by atoms with E-state index >= 15 is 0 Å². The predicted octanol–water partition coefficient (Wildman–Crippen LogP) is 2.72. The van der Waals surface area contributed by atoms with E-state index in [-0.39, 0.29) is 22.8 Å². The molecule has 6 heteroatoms. The van der Waals surface area contributed by atoms with Crippen molar-refractivity contribution in [3.8, 4) is 28.7 Å². The minimum absolute atomic E-state index is 0.133. The fourth-order valence-corrected chi connectivity index (χ4v) is 2.00. The summed E-state index contributed by atoms with van der Waals surface area (Å²) < 4.78 is 9.88. The highest BCUT2D eigenvalue weighted by atomic mass is 16.5. The Morgan fingerprint density at radius 1 is 1.04 bits per heavy atom. The molecule has 0 amide bonds. The Morgan fingerprint density at radius 3 is 2.43 bits per heavy atom. The molecule has 0 atom stereocenters. The van der Waals surface area contributed by atoms with Crippen LogP contribution in [0.2, 0.25) is 0 Å². The van der Waals surface area contributed by atoms with Crippen LogP contribution in [0.15, 0.2) is 36.4 Å². The maximum absolute atomic E-state index is 12.1. The van der Waals surface area contributed by atoms with Gasteiger partial charge in [0.2, 0.25) is 11.5 Å². The van der Waals surface area contributed by atoms with Crippen LogP contribution in [-0.2, 0) is 0 Å². The molecule has 0 aliphatic heterocycles. The Labute approximate surface area is 132 Å². The molecule has 3 N–H and O–H groups in total. The van der Waals surface area contributed by atoms with Gasteiger partial charge in [0.25, 0.3) is 0 Å². The maximum Gasteiger partial charge on any atom is 0.207 e. The predicted molar refractivity (Wildman–Crippen MR) is 84.3 cm³/mol. The number of phenolic OH excluding ortho intramolecular Hbond substituents is 3. The highest BCUT2D eigenvalue weighted by Gasteiger charge is 2.16. The van der Waals surface area contributed by atoms with E-state index in [1.807, 2.05) is 0 Å². The standard InChI is InChI=1S/C17H16O6/c1-22-12-5-3-4-10(8-12)13(18)7-6-11-9-14(19)16(21)17(23-2)15(11)20/h3-9,19-21H,1-2H3. The van der Waals surface area contributed by atoms with Gasteiger partial charge >= 0.3 is 0 Å². The molecule has 0 aliphatic carbocycles. The zero-order valence-corrected chi connectivity index (χ0v) is 12.6. The topological polar surface area (TPSA) is 96.2 Å². The van der Waals surface area contributed by atoms with Crippen LogP contribution in [0.1, 0.15) is 15.9 Å². The molecule has 6 nitrogen and oxygen atoms in total. The highest BCUT2D eigenvalue weighted by molar-refractivity contribution is 6.07. The fraction of sp³-hybridized carbons (Fsp3) is 0.118. The van der Waals surface area contributed by atoms with Gasteiger partial charge in [0.15, 0.2) is 17.3 Å². The third-order valence-electron chi connectivity index (χ3n) is 3.21. The summed E-state index contributed by atoms with van der Waals surface area (Å²) in [6.07, 6.45) is 2.55. The quantitative estimate of drug-likeness (QED) is 0.340. The van der Waals surface area contributed by atoms with E-state index < -0.39 is 11.5 Å². The summed E-state index contributed by atoms with van der Waals surface area (Å²) in [4.78, 5) is 12.1. The summed E-state index contributed by atoms with van der Waals surface area (Å²) in [5.41, 5.74) is 0.545. The van der Waals surface area contributed by atoms with Gasteiger partial charge in [-0.1, -0.05) is 12.1 Å². The first-order chi connectivity index (χ1) is 11.0. The third-order valence-corrected chi connectivity index (χ3v) is 3.21. The molecule has 0 aliphatic rings. The number of hydrogen-bond donors (Lipinski definition) is 3. The molecule has 0 saturated heterocycles. The molecule has 0 heterocycles. The van der Waals surface area contributed by atoms with Crippen molar-refractivity contribution in [3.63, 3.8) is 0 Å². The molecular weight excluding hydrogens is 300 g/mol. The number of hydrogen-bond acceptors (Lipinski definition) is 6. The summed E-state index contributed by atoms with van der Waals surface area (Å²) >= 11 is 0. The molecule has 0 radical (unpaired) electrons. The molecule has 0 fully saturated rings. The molecular formula is C17H16O6. The lowest BCUT2D eigenvalue weighted by molar-refractivity contribution is 0.104. The van der Waals surface area contributed by atoms with Crippen LogP contribution in [0.4, 0.5) is 0 Å². The Bertz CT molecular complexity index is 764. The first-order valence-corrected chi connectivity index (χ1v) is 6.66. The van der Waals surface area contributed by atoms with Crippen LogP contribution in [0.3, 0.4) is 0 Å². The summed E-state index contributed by atoms with van der Waals surface area (Å²) in [5, 5.41) is 29.2. The van der Waals surface area contributed by atoms with Crippen LogP contribution in [0.5, 0.6) is 28.7 Å². The Kier molecular flexibility index (Phi) is 4.75. The van der Waals surface area contributed by atoms with Gasteiger partial charge in [-0.2, -0.15) is 0 Å². The van der Waals surface area contributed by atoms with Gasteiger partial charge in [0.05, 0.1) is 14.2 Å². The number of ether oxygens (including phenoxy) is 2. The average Bonchev–Trinajstić information content (AvgIpc) is 2.57. The van der Waals surface area contributed by atoms with Gasteiger partial charge < -0.3 is 24.8 Å². The molecule has 2 aromatic carbocycles. The molecule has 2 aromatic rings.